The van der Waals surface area contributed by atoms with Gasteiger partial charge < -0.3 is 9.84 Å². The zero-order valence-corrected chi connectivity index (χ0v) is 11.1. The molecule has 10 heteroatoms. The number of nitrogens with zero attached hydrogens (tertiary/aromatic N) is 1. The van der Waals surface area contributed by atoms with Crippen LogP contribution >= 0.6 is 0 Å². The second kappa shape index (κ2) is 6.41. The van der Waals surface area contributed by atoms with Crippen LogP contribution in [0, 0.1) is 10.1 Å². The fourth-order valence-corrected chi connectivity index (χ4v) is 1.71. The monoisotopic (exact) mass is 321 g/mol. The second-order valence-electron chi connectivity index (χ2n) is 4.05. The summed E-state index contributed by atoms with van der Waals surface area (Å²) in [5.41, 5.74) is -3.12. The minimum atomic E-state index is -4.84. The molecule has 120 valence electrons. The number of ether oxygens (including phenoxy) is 1. The van der Waals surface area contributed by atoms with Crippen molar-refractivity contribution in [3.05, 3.63) is 39.4 Å². The minimum absolute atomic E-state index is 0.183. The van der Waals surface area contributed by atoms with Gasteiger partial charge in [0.15, 0.2) is 5.92 Å². The normalized spacial score (nSPS) is 12.5. The number of halogens is 3. The largest absolute Gasteiger partial charge is 0.480 e. The van der Waals surface area contributed by atoms with Crippen molar-refractivity contribution in [3.63, 3.8) is 0 Å². The molecule has 0 spiro atoms. The molecule has 1 rings (SSSR count). The Labute approximate surface area is 121 Å². The van der Waals surface area contributed by atoms with Gasteiger partial charge in [-0.2, -0.15) is 13.2 Å². The van der Waals surface area contributed by atoms with E-state index in [0.717, 1.165) is 0 Å². The number of carboxylic acids is 1. The lowest BCUT2D eigenvalue weighted by atomic mass is 9.96. The molecule has 0 aliphatic rings. The molecule has 0 heterocycles. The van der Waals surface area contributed by atoms with Crippen LogP contribution in [-0.2, 0) is 20.5 Å². The van der Waals surface area contributed by atoms with Crippen LogP contribution in [0.2, 0.25) is 0 Å². The van der Waals surface area contributed by atoms with Crippen molar-refractivity contribution in [2.75, 3.05) is 6.61 Å². The molecule has 1 aromatic rings. The van der Waals surface area contributed by atoms with Crippen molar-refractivity contribution in [3.8, 4) is 0 Å². The van der Waals surface area contributed by atoms with E-state index in [0.29, 0.717) is 12.1 Å². The van der Waals surface area contributed by atoms with E-state index in [9.17, 15) is 32.9 Å². The average Bonchev–Trinajstić information content (AvgIpc) is 2.37. The number of alkyl halides is 3. The van der Waals surface area contributed by atoms with Crippen LogP contribution in [0.4, 0.5) is 18.9 Å². The molecule has 22 heavy (non-hydrogen) atoms. The molecule has 0 saturated heterocycles. The van der Waals surface area contributed by atoms with Crippen LogP contribution in [0.3, 0.4) is 0 Å². The topological polar surface area (TPSA) is 107 Å². The molecule has 0 aliphatic carbocycles. The summed E-state index contributed by atoms with van der Waals surface area (Å²) in [6.45, 7) is 1.20. The summed E-state index contributed by atoms with van der Waals surface area (Å²) in [4.78, 5) is 32.4. The molecule has 7 nitrogen and oxygen atoms in total. The van der Waals surface area contributed by atoms with Gasteiger partial charge in [0.2, 0.25) is 0 Å². The molecule has 1 N–H and O–H groups in total. The highest BCUT2D eigenvalue weighted by atomic mass is 19.4. The SMILES string of the molecule is CCOC(=O)C(C(=O)O)c1ccc(C(F)(F)F)cc1[N+](=O)[O-]. The van der Waals surface area contributed by atoms with Gasteiger partial charge in [0, 0.05) is 6.07 Å². The van der Waals surface area contributed by atoms with E-state index in [1.54, 1.807) is 0 Å². The lowest BCUT2D eigenvalue weighted by Gasteiger charge is -2.13. The maximum Gasteiger partial charge on any atom is 0.416 e. The van der Waals surface area contributed by atoms with Crippen LogP contribution < -0.4 is 0 Å². The van der Waals surface area contributed by atoms with E-state index >= 15 is 0 Å². The zero-order valence-electron chi connectivity index (χ0n) is 11.1. The molecule has 0 aromatic heterocycles. The van der Waals surface area contributed by atoms with Gasteiger partial charge in [-0.1, -0.05) is 6.07 Å². The number of carbonyl (C=O) groups is 2. The first-order chi connectivity index (χ1) is 10.1. The predicted molar refractivity (Wildman–Crippen MR) is 65.1 cm³/mol. The smallest absolute Gasteiger partial charge is 0.416 e. The summed E-state index contributed by atoms with van der Waals surface area (Å²) in [5, 5.41) is 19.9. The number of benzene rings is 1. The van der Waals surface area contributed by atoms with Crippen molar-refractivity contribution < 1.29 is 37.5 Å². The van der Waals surface area contributed by atoms with Crippen molar-refractivity contribution >= 4 is 17.6 Å². The first kappa shape index (κ1) is 17.4. The van der Waals surface area contributed by atoms with Gasteiger partial charge in [0.25, 0.3) is 5.69 Å². The molecule has 0 amide bonds. The first-order valence-corrected chi connectivity index (χ1v) is 5.84. The highest BCUT2D eigenvalue weighted by molar-refractivity contribution is 6.00. The highest BCUT2D eigenvalue weighted by Crippen LogP contribution is 2.35. The summed E-state index contributed by atoms with van der Waals surface area (Å²) in [7, 11) is 0. The van der Waals surface area contributed by atoms with Crippen molar-refractivity contribution in [1.82, 2.24) is 0 Å². The van der Waals surface area contributed by atoms with Gasteiger partial charge in [-0.25, -0.2) is 0 Å². The van der Waals surface area contributed by atoms with Crippen LogP contribution in [0.5, 0.6) is 0 Å². The number of nitro benzene ring substituents is 1. The van der Waals surface area contributed by atoms with E-state index in [2.05, 4.69) is 4.74 Å². The fraction of sp³-hybridized carbons (Fsp3) is 0.333. The van der Waals surface area contributed by atoms with Crippen LogP contribution in [0.1, 0.15) is 24.0 Å². The number of aliphatic carboxylic acids is 1. The number of rotatable bonds is 5. The van der Waals surface area contributed by atoms with E-state index in [-0.39, 0.29) is 12.7 Å². The molecule has 0 fully saturated rings. The fourth-order valence-electron chi connectivity index (χ4n) is 1.71. The summed E-state index contributed by atoms with van der Waals surface area (Å²) in [6.07, 6.45) is -4.84. The Bertz CT molecular complexity index is 613. The van der Waals surface area contributed by atoms with Gasteiger partial charge in [-0.15, -0.1) is 0 Å². The maximum atomic E-state index is 12.6. The molecular formula is C12H10F3NO6. The summed E-state index contributed by atoms with van der Waals surface area (Å²) < 4.78 is 42.2. The Balaban J connectivity index is 3.47. The lowest BCUT2D eigenvalue weighted by molar-refractivity contribution is -0.385. The van der Waals surface area contributed by atoms with E-state index in [4.69, 9.17) is 5.11 Å². The van der Waals surface area contributed by atoms with Gasteiger partial charge in [-0.05, 0) is 13.0 Å². The number of nitro groups is 1. The van der Waals surface area contributed by atoms with E-state index in [1.165, 1.54) is 6.92 Å². The molecule has 0 radical (unpaired) electrons. The third-order valence-electron chi connectivity index (χ3n) is 2.63. The Morgan fingerprint density at radius 3 is 2.41 bits per heavy atom. The van der Waals surface area contributed by atoms with Crippen molar-refractivity contribution in [2.45, 2.75) is 19.0 Å². The minimum Gasteiger partial charge on any atom is -0.480 e. The predicted octanol–water partition coefficient (Wildman–Crippen LogP) is 2.34. The van der Waals surface area contributed by atoms with Crippen LogP contribution in [0.25, 0.3) is 0 Å². The maximum absolute atomic E-state index is 12.6. The Morgan fingerprint density at radius 2 is 2.00 bits per heavy atom. The van der Waals surface area contributed by atoms with E-state index in [1.807, 2.05) is 0 Å². The van der Waals surface area contributed by atoms with Gasteiger partial charge in [0.1, 0.15) is 0 Å². The third-order valence-corrected chi connectivity index (χ3v) is 2.63. The Kier molecular flexibility index (Phi) is 5.07. The standard InChI is InChI=1S/C12H10F3NO6/c1-2-22-11(19)9(10(17)18)7-4-3-6(12(13,14)15)5-8(7)16(20)21/h3-5,9H,2H2,1H3,(H,17,18). The molecule has 0 aliphatic heterocycles. The van der Waals surface area contributed by atoms with Crippen LogP contribution in [0.15, 0.2) is 18.2 Å². The molecule has 1 aromatic carbocycles. The third kappa shape index (κ3) is 3.71. The number of esters is 1. The van der Waals surface area contributed by atoms with E-state index < -0.39 is 45.8 Å². The van der Waals surface area contributed by atoms with Crippen molar-refractivity contribution in [2.24, 2.45) is 0 Å². The molecule has 0 bridgehead atoms. The molecule has 1 unspecified atom stereocenters. The molecule has 1 atom stereocenters. The number of hydrogen-bond donors (Lipinski definition) is 1. The first-order valence-electron chi connectivity index (χ1n) is 5.84. The second-order valence-corrected chi connectivity index (χ2v) is 4.05. The summed E-state index contributed by atoms with van der Waals surface area (Å²) in [5.74, 6) is -5.14. The lowest BCUT2D eigenvalue weighted by Crippen LogP contribution is -2.25. The summed E-state index contributed by atoms with van der Waals surface area (Å²) in [6, 6.07) is 1.25. The highest BCUT2D eigenvalue weighted by Gasteiger charge is 2.38. The number of carbonyl (C=O) groups excluding carboxylic acids is 1. The average molecular weight is 321 g/mol. The number of carboxylic acid groups (broad SMARTS) is 1. The van der Waals surface area contributed by atoms with Gasteiger partial charge in [-0.3, -0.25) is 19.7 Å². The van der Waals surface area contributed by atoms with Crippen molar-refractivity contribution in [1.29, 1.82) is 0 Å². The Hall–Kier alpha value is -2.65. The quantitative estimate of drug-likeness (QED) is 0.386. The molecular weight excluding hydrogens is 311 g/mol. The van der Waals surface area contributed by atoms with Gasteiger partial charge in [0.05, 0.1) is 22.7 Å². The zero-order chi connectivity index (χ0) is 17.1. The molecule has 0 saturated carbocycles. The Morgan fingerprint density at radius 1 is 1.41 bits per heavy atom. The summed E-state index contributed by atoms with van der Waals surface area (Å²) >= 11 is 0. The van der Waals surface area contributed by atoms with Gasteiger partial charge >= 0.3 is 18.1 Å². The number of hydrogen-bond acceptors (Lipinski definition) is 5. The van der Waals surface area contributed by atoms with Crippen LogP contribution in [-0.4, -0.2) is 28.6 Å².